The van der Waals surface area contributed by atoms with Crippen LogP contribution in [0.4, 0.5) is 0 Å². The predicted molar refractivity (Wildman–Crippen MR) is 94.5 cm³/mol. The van der Waals surface area contributed by atoms with E-state index in [-0.39, 0.29) is 16.4 Å². The molecule has 0 aliphatic heterocycles. The average molecular weight is 360 g/mol. The number of rotatable bonds is 7. The Bertz CT molecular complexity index is 761. The average Bonchev–Trinajstić information content (AvgIpc) is 2.60. The SMILES string of the molecule is CC(=O)[C@H](Cc1ccccc1)NC(=O)COC(=O)c1ccccc1Cl. The highest BCUT2D eigenvalue weighted by Crippen LogP contribution is 2.15. The molecule has 130 valence electrons. The topological polar surface area (TPSA) is 72.5 Å². The number of nitrogens with one attached hydrogen (secondary N) is 1. The number of amides is 1. The van der Waals surface area contributed by atoms with Gasteiger partial charge in [-0.15, -0.1) is 0 Å². The molecule has 0 aliphatic rings. The van der Waals surface area contributed by atoms with Crippen LogP contribution in [0.25, 0.3) is 0 Å². The quantitative estimate of drug-likeness (QED) is 0.771. The van der Waals surface area contributed by atoms with Crippen LogP contribution < -0.4 is 5.32 Å². The van der Waals surface area contributed by atoms with Crippen LogP contribution in [0.2, 0.25) is 5.02 Å². The van der Waals surface area contributed by atoms with E-state index in [4.69, 9.17) is 16.3 Å². The number of benzene rings is 2. The second-order valence-electron chi connectivity index (χ2n) is 5.48. The van der Waals surface area contributed by atoms with E-state index in [1.54, 1.807) is 18.2 Å². The fraction of sp³-hybridized carbons (Fsp3) is 0.211. The number of ketones is 1. The Morgan fingerprint density at radius 3 is 2.32 bits per heavy atom. The lowest BCUT2D eigenvalue weighted by molar-refractivity contribution is -0.128. The van der Waals surface area contributed by atoms with Gasteiger partial charge in [-0.2, -0.15) is 0 Å². The fourth-order valence-electron chi connectivity index (χ4n) is 2.22. The van der Waals surface area contributed by atoms with Crippen molar-refractivity contribution in [2.24, 2.45) is 0 Å². The first-order chi connectivity index (χ1) is 12.0. The number of halogens is 1. The van der Waals surface area contributed by atoms with E-state index in [0.717, 1.165) is 5.56 Å². The zero-order valence-corrected chi connectivity index (χ0v) is 14.5. The van der Waals surface area contributed by atoms with Gasteiger partial charge in [0, 0.05) is 0 Å². The summed E-state index contributed by atoms with van der Waals surface area (Å²) >= 11 is 5.90. The zero-order chi connectivity index (χ0) is 18.2. The molecular formula is C19H18ClNO4. The summed E-state index contributed by atoms with van der Waals surface area (Å²) in [5, 5.41) is 2.84. The van der Waals surface area contributed by atoms with Crippen LogP contribution in [-0.4, -0.2) is 30.3 Å². The first kappa shape index (κ1) is 18.7. The fourth-order valence-corrected chi connectivity index (χ4v) is 2.43. The van der Waals surface area contributed by atoms with Crippen molar-refractivity contribution in [1.29, 1.82) is 0 Å². The largest absolute Gasteiger partial charge is 0.452 e. The molecule has 1 atom stereocenters. The van der Waals surface area contributed by atoms with Crippen LogP contribution in [0.15, 0.2) is 54.6 Å². The van der Waals surface area contributed by atoms with Crippen LogP contribution in [0.1, 0.15) is 22.8 Å². The van der Waals surface area contributed by atoms with Crippen molar-refractivity contribution >= 4 is 29.3 Å². The van der Waals surface area contributed by atoms with Crippen molar-refractivity contribution in [1.82, 2.24) is 5.32 Å². The van der Waals surface area contributed by atoms with E-state index in [0.29, 0.717) is 6.42 Å². The molecule has 0 heterocycles. The van der Waals surface area contributed by atoms with Crippen LogP contribution in [-0.2, 0) is 20.7 Å². The van der Waals surface area contributed by atoms with Gasteiger partial charge in [-0.3, -0.25) is 9.59 Å². The van der Waals surface area contributed by atoms with Gasteiger partial charge in [0.05, 0.1) is 16.6 Å². The molecule has 0 fully saturated rings. The third kappa shape index (κ3) is 5.72. The maximum Gasteiger partial charge on any atom is 0.340 e. The first-order valence-corrected chi connectivity index (χ1v) is 8.10. The Kier molecular flexibility index (Phi) is 6.71. The summed E-state index contributed by atoms with van der Waals surface area (Å²) in [5.74, 6) is -1.41. The van der Waals surface area contributed by atoms with E-state index in [1.165, 1.54) is 13.0 Å². The maximum absolute atomic E-state index is 12.0. The minimum atomic E-state index is -0.691. The summed E-state index contributed by atoms with van der Waals surface area (Å²) in [4.78, 5) is 35.7. The monoisotopic (exact) mass is 359 g/mol. The molecule has 0 unspecified atom stereocenters. The Morgan fingerprint density at radius 2 is 1.68 bits per heavy atom. The molecule has 0 spiro atoms. The van der Waals surface area contributed by atoms with E-state index in [9.17, 15) is 14.4 Å². The van der Waals surface area contributed by atoms with Crippen molar-refractivity contribution in [2.45, 2.75) is 19.4 Å². The maximum atomic E-state index is 12.0. The van der Waals surface area contributed by atoms with Crippen LogP contribution >= 0.6 is 11.6 Å². The highest BCUT2D eigenvalue weighted by Gasteiger charge is 2.19. The molecular weight excluding hydrogens is 342 g/mol. The molecule has 2 aromatic carbocycles. The third-order valence-corrected chi connectivity index (χ3v) is 3.87. The number of carbonyl (C=O) groups is 3. The minimum Gasteiger partial charge on any atom is -0.452 e. The highest BCUT2D eigenvalue weighted by atomic mass is 35.5. The summed E-state index contributed by atoms with van der Waals surface area (Å²) in [6.45, 7) is 0.923. The van der Waals surface area contributed by atoms with Gasteiger partial charge in [-0.1, -0.05) is 54.1 Å². The van der Waals surface area contributed by atoms with Crippen molar-refractivity contribution < 1.29 is 19.1 Å². The third-order valence-electron chi connectivity index (χ3n) is 3.54. The molecule has 0 saturated carbocycles. The number of carbonyl (C=O) groups excluding carboxylic acids is 3. The Labute approximate surface area is 150 Å². The predicted octanol–water partition coefficient (Wildman–Crippen LogP) is 2.81. The van der Waals surface area contributed by atoms with Gasteiger partial charge < -0.3 is 10.1 Å². The smallest absolute Gasteiger partial charge is 0.340 e. The normalized spacial score (nSPS) is 11.4. The van der Waals surface area contributed by atoms with Gasteiger partial charge in [-0.25, -0.2) is 4.79 Å². The highest BCUT2D eigenvalue weighted by molar-refractivity contribution is 6.33. The van der Waals surface area contributed by atoms with Gasteiger partial charge in [0.1, 0.15) is 0 Å². The number of esters is 1. The summed E-state index contributed by atoms with van der Waals surface area (Å²) in [6, 6.07) is 15.1. The lowest BCUT2D eigenvalue weighted by Crippen LogP contribution is -2.43. The molecule has 1 N–H and O–H groups in total. The van der Waals surface area contributed by atoms with Gasteiger partial charge in [0.15, 0.2) is 12.4 Å². The summed E-state index contributed by atoms with van der Waals surface area (Å²) in [6.07, 6.45) is 0.375. The first-order valence-electron chi connectivity index (χ1n) is 7.72. The zero-order valence-electron chi connectivity index (χ0n) is 13.7. The molecule has 5 nitrogen and oxygen atoms in total. The molecule has 2 rings (SSSR count). The summed E-state index contributed by atoms with van der Waals surface area (Å²) < 4.78 is 4.95. The number of ether oxygens (including phenoxy) is 1. The standard InChI is InChI=1S/C19H18ClNO4/c1-13(22)17(11-14-7-3-2-4-8-14)21-18(23)12-25-19(24)15-9-5-6-10-16(15)20/h2-10,17H,11-12H2,1H3,(H,21,23)/t17-/m0/s1. The van der Waals surface area contributed by atoms with Gasteiger partial charge >= 0.3 is 5.97 Å². The van der Waals surface area contributed by atoms with Gasteiger partial charge in [-0.05, 0) is 31.0 Å². The van der Waals surface area contributed by atoms with Crippen molar-refractivity contribution in [3.63, 3.8) is 0 Å². The van der Waals surface area contributed by atoms with Crippen molar-refractivity contribution in [2.75, 3.05) is 6.61 Å². The van der Waals surface area contributed by atoms with Crippen LogP contribution in [0.5, 0.6) is 0 Å². The minimum absolute atomic E-state index is 0.172. The van der Waals surface area contributed by atoms with Crippen LogP contribution in [0.3, 0.4) is 0 Å². The van der Waals surface area contributed by atoms with E-state index < -0.39 is 24.5 Å². The molecule has 2 aromatic rings. The molecule has 25 heavy (non-hydrogen) atoms. The van der Waals surface area contributed by atoms with Crippen LogP contribution in [0, 0.1) is 0 Å². The molecule has 0 saturated heterocycles. The second-order valence-corrected chi connectivity index (χ2v) is 5.88. The molecule has 0 aromatic heterocycles. The summed E-state index contributed by atoms with van der Waals surface area (Å²) in [5.41, 5.74) is 1.11. The Hall–Kier alpha value is -2.66. The van der Waals surface area contributed by atoms with E-state index in [2.05, 4.69) is 5.32 Å². The van der Waals surface area contributed by atoms with Crippen molar-refractivity contribution in [3.05, 3.63) is 70.7 Å². The van der Waals surface area contributed by atoms with Crippen molar-refractivity contribution in [3.8, 4) is 0 Å². The molecule has 0 aliphatic carbocycles. The van der Waals surface area contributed by atoms with E-state index >= 15 is 0 Å². The molecule has 1 amide bonds. The Morgan fingerprint density at radius 1 is 1.04 bits per heavy atom. The lowest BCUT2D eigenvalue weighted by atomic mass is 10.0. The number of Topliss-reactive ketones (excluding diaryl/α,β-unsaturated/α-hetero) is 1. The summed E-state index contributed by atoms with van der Waals surface area (Å²) in [7, 11) is 0. The van der Waals surface area contributed by atoms with E-state index in [1.807, 2.05) is 30.3 Å². The Balaban J connectivity index is 1.90. The van der Waals surface area contributed by atoms with Gasteiger partial charge in [0.2, 0.25) is 0 Å². The molecule has 6 heteroatoms. The number of hydrogen-bond donors (Lipinski definition) is 1. The second kappa shape index (κ2) is 8.99. The van der Waals surface area contributed by atoms with Gasteiger partial charge in [0.25, 0.3) is 5.91 Å². The lowest BCUT2D eigenvalue weighted by Gasteiger charge is -2.16. The molecule has 0 bridgehead atoms. The molecule has 0 radical (unpaired) electrons. The number of hydrogen-bond acceptors (Lipinski definition) is 4.